The number of carbonyl (C=O) groups excluding carboxylic acids is 2. The molecule has 2 N–H and O–H groups in total. The molecule has 1 heterocycles. The van der Waals surface area contributed by atoms with Gasteiger partial charge in [-0.3, -0.25) is 9.59 Å². The molecule has 1 atom stereocenters. The number of aromatic hydroxyl groups is 1. The maximum absolute atomic E-state index is 13.2. The number of nitrogens with zero attached hydrogens (tertiary/aromatic N) is 1. The Balaban J connectivity index is 1.67. The largest absolute Gasteiger partial charge is 0.507 e. The second-order valence-electron chi connectivity index (χ2n) is 8.95. The number of ether oxygens (including phenoxy) is 3. The van der Waals surface area contributed by atoms with Gasteiger partial charge in [0, 0.05) is 19.2 Å². The Labute approximate surface area is 221 Å². The lowest BCUT2D eigenvalue weighted by Crippen LogP contribution is -2.32. The van der Waals surface area contributed by atoms with Crippen LogP contribution in [0.3, 0.4) is 0 Å². The summed E-state index contributed by atoms with van der Waals surface area (Å²) in [4.78, 5) is 27.5. The molecule has 0 bridgehead atoms. The van der Waals surface area contributed by atoms with Crippen LogP contribution in [-0.2, 0) is 20.9 Å². The smallest absolute Gasteiger partial charge is 0.295 e. The first-order chi connectivity index (χ1) is 18.3. The molecule has 1 amide bonds. The Morgan fingerprint density at radius 2 is 1.76 bits per heavy atom. The number of methoxy groups -OCH3 is 1. The van der Waals surface area contributed by atoms with Crippen molar-refractivity contribution in [2.45, 2.75) is 26.5 Å². The van der Waals surface area contributed by atoms with Gasteiger partial charge in [-0.15, -0.1) is 0 Å². The third kappa shape index (κ3) is 5.65. The normalized spacial score (nSPS) is 16.6. The molecule has 4 rings (SSSR count). The van der Waals surface area contributed by atoms with E-state index in [4.69, 9.17) is 14.2 Å². The molecule has 198 valence electrons. The van der Waals surface area contributed by atoms with Crippen LogP contribution in [0.15, 0.2) is 72.3 Å². The van der Waals surface area contributed by atoms with Crippen LogP contribution >= 0.6 is 0 Å². The van der Waals surface area contributed by atoms with Crippen LogP contribution in [0.1, 0.15) is 35.2 Å². The van der Waals surface area contributed by atoms with Crippen LogP contribution in [0.5, 0.6) is 17.2 Å². The highest BCUT2D eigenvalue weighted by Gasteiger charge is 2.46. The zero-order valence-electron chi connectivity index (χ0n) is 21.6. The fraction of sp³-hybridized carbons (Fsp3) is 0.267. The zero-order chi connectivity index (χ0) is 27.2. The van der Waals surface area contributed by atoms with E-state index in [2.05, 4.69) is 0 Å². The number of aliphatic hydroxyl groups excluding tert-OH is 1. The van der Waals surface area contributed by atoms with E-state index in [0.29, 0.717) is 30.1 Å². The summed E-state index contributed by atoms with van der Waals surface area (Å²) in [5, 5.41) is 21.4. The first kappa shape index (κ1) is 26.8. The maximum atomic E-state index is 13.2. The molecular weight excluding hydrogens is 486 g/mol. The fourth-order valence-electron chi connectivity index (χ4n) is 4.45. The van der Waals surface area contributed by atoms with Gasteiger partial charge in [-0.25, -0.2) is 0 Å². The standard InChI is InChI=1S/C30H31NO7/c1-4-37-25-17-22(10-13-24(25)32)27-26(29(34)30(35)31(27)14-15-36-3)28(33)21-8-11-23(12-9-21)38-18-20-7-5-6-19(2)16-20/h5-13,16-17,27,32-33H,4,14-15,18H2,1-3H3/b28-26+/t27-/m0/s1. The number of hydrogen-bond donors (Lipinski definition) is 2. The summed E-state index contributed by atoms with van der Waals surface area (Å²) in [7, 11) is 1.50. The Kier molecular flexibility index (Phi) is 8.33. The summed E-state index contributed by atoms with van der Waals surface area (Å²) in [5.41, 5.74) is 3.01. The summed E-state index contributed by atoms with van der Waals surface area (Å²) in [6.45, 7) is 4.85. The first-order valence-corrected chi connectivity index (χ1v) is 12.4. The van der Waals surface area contributed by atoms with Crippen LogP contribution in [-0.4, -0.2) is 53.7 Å². The third-order valence-electron chi connectivity index (χ3n) is 6.29. The fourth-order valence-corrected chi connectivity index (χ4v) is 4.45. The number of rotatable bonds is 10. The second kappa shape index (κ2) is 11.8. The van der Waals surface area contributed by atoms with Crippen LogP contribution in [0.4, 0.5) is 0 Å². The molecule has 8 nitrogen and oxygen atoms in total. The molecule has 0 saturated carbocycles. The second-order valence-corrected chi connectivity index (χ2v) is 8.95. The summed E-state index contributed by atoms with van der Waals surface area (Å²) in [6, 6.07) is 18.4. The number of carbonyl (C=O) groups is 2. The predicted molar refractivity (Wildman–Crippen MR) is 142 cm³/mol. The summed E-state index contributed by atoms with van der Waals surface area (Å²) in [5.74, 6) is -1.08. The molecular formula is C30H31NO7. The molecule has 3 aromatic carbocycles. The number of phenols is 1. The van der Waals surface area contributed by atoms with Crippen molar-refractivity contribution in [2.75, 3.05) is 26.9 Å². The van der Waals surface area contributed by atoms with Gasteiger partial charge in [-0.2, -0.15) is 0 Å². The van der Waals surface area contributed by atoms with E-state index in [9.17, 15) is 19.8 Å². The minimum absolute atomic E-state index is 0.0485. The van der Waals surface area contributed by atoms with Gasteiger partial charge in [-0.1, -0.05) is 35.9 Å². The number of aryl methyl sites for hydroxylation is 1. The lowest BCUT2D eigenvalue weighted by molar-refractivity contribution is -0.140. The van der Waals surface area contributed by atoms with Gasteiger partial charge >= 0.3 is 0 Å². The Hall–Kier alpha value is -4.30. The van der Waals surface area contributed by atoms with Crippen molar-refractivity contribution in [3.05, 3.63) is 94.6 Å². The maximum Gasteiger partial charge on any atom is 0.295 e. The van der Waals surface area contributed by atoms with E-state index < -0.39 is 17.7 Å². The van der Waals surface area contributed by atoms with Gasteiger partial charge in [0.15, 0.2) is 11.5 Å². The number of ketones is 1. The Morgan fingerprint density at radius 1 is 1.00 bits per heavy atom. The van der Waals surface area contributed by atoms with Crippen LogP contribution in [0.2, 0.25) is 0 Å². The zero-order valence-corrected chi connectivity index (χ0v) is 21.6. The molecule has 1 fully saturated rings. The van der Waals surface area contributed by atoms with E-state index in [-0.39, 0.29) is 36.0 Å². The number of aliphatic hydroxyl groups is 1. The van der Waals surface area contributed by atoms with E-state index in [1.165, 1.54) is 18.1 Å². The molecule has 1 saturated heterocycles. The van der Waals surface area contributed by atoms with Gasteiger partial charge in [-0.05, 0) is 61.4 Å². The monoisotopic (exact) mass is 517 g/mol. The van der Waals surface area contributed by atoms with Gasteiger partial charge in [0.2, 0.25) is 0 Å². The molecule has 0 spiro atoms. The molecule has 3 aromatic rings. The Morgan fingerprint density at radius 3 is 2.45 bits per heavy atom. The van der Waals surface area contributed by atoms with Crippen molar-refractivity contribution in [3.63, 3.8) is 0 Å². The van der Waals surface area contributed by atoms with Crippen molar-refractivity contribution in [2.24, 2.45) is 0 Å². The highest BCUT2D eigenvalue weighted by molar-refractivity contribution is 6.46. The number of Topliss-reactive ketones (excluding diaryl/α,β-unsaturated/α-hetero) is 1. The molecule has 38 heavy (non-hydrogen) atoms. The molecule has 0 radical (unpaired) electrons. The molecule has 0 aromatic heterocycles. The number of benzene rings is 3. The number of hydrogen-bond acceptors (Lipinski definition) is 7. The van der Waals surface area contributed by atoms with E-state index in [1.807, 2.05) is 31.2 Å². The van der Waals surface area contributed by atoms with Crippen molar-refractivity contribution >= 4 is 17.4 Å². The minimum Gasteiger partial charge on any atom is -0.507 e. The highest BCUT2D eigenvalue weighted by atomic mass is 16.5. The molecule has 1 aliphatic rings. The number of amides is 1. The minimum atomic E-state index is -0.887. The van der Waals surface area contributed by atoms with Gasteiger partial charge in [0.25, 0.3) is 11.7 Å². The summed E-state index contributed by atoms with van der Waals surface area (Å²) < 4.78 is 16.5. The van der Waals surface area contributed by atoms with E-state index >= 15 is 0 Å². The van der Waals surface area contributed by atoms with Crippen molar-refractivity contribution in [3.8, 4) is 17.2 Å². The SMILES string of the molecule is CCOc1cc([C@H]2/C(=C(\O)c3ccc(OCc4cccc(C)c4)cc3)C(=O)C(=O)N2CCOC)ccc1O. The van der Waals surface area contributed by atoms with E-state index in [1.54, 1.807) is 43.3 Å². The molecule has 0 unspecified atom stereocenters. The Bertz CT molecular complexity index is 1350. The van der Waals surface area contributed by atoms with Gasteiger partial charge in [0.05, 0.1) is 24.8 Å². The van der Waals surface area contributed by atoms with Crippen LogP contribution in [0, 0.1) is 6.92 Å². The van der Waals surface area contributed by atoms with Crippen molar-refractivity contribution in [1.82, 2.24) is 4.90 Å². The number of phenolic OH excluding ortho intramolecular Hbond substituents is 1. The first-order valence-electron chi connectivity index (χ1n) is 12.4. The van der Waals surface area contributed by atoms with Crippen LogP contribution in [0.25, 0.3) is 5.76 Å². The summed E-state index contributed by atoms with van der Waals surface area (Å²) >= 11 is 0. The van der Waals surface area contributed by atoms with Gasteiger partial charge < -0.3 is 29.3 Å². The highest BCUT2D eigenvalue weighted by Crippen LogP contribution is 2.41. The average Bonchev–Trinajstić information content (AvgIpc) is 3.17. The quantitative estimate of drug-likeness (QED) is 0.227. The molecule has 1 aliphatic heterocycles. The third-order valence-corrected chi connectivity index (χ3v) is 6.29. The van der Waals surface area contributed by atoms with Crippen molar-refractivity contribution in [1.29, 1.82) is 0 Å². The predicted octanol–water partition coefficient (Wildman–Crippen LogP) is 4.75. The van der Waals surface area contributed by atoms with Crippen molar-refractivity contribution < 1.29 is 34.0 Å². The average molecular weight is 518 g/mol. The molecule has 8 heteroatoms. The lowest BCUT2D eigenvalue weighted by atomic mass is 9.95. The molecule has 0 aliphatic carbocycles. The van der Waals surface area contributed by atoms with E-state index in [0.717, 1.165) is 11.1 Å². The topological polar surface area (TPSA) is 106 Å². The van der Waals surface area contributed by atoms with Crippen LogP contribution < -0.4 is 9.47 Å². The number of likely N-dealkylation sites (tertiary alicyclic amines) is 1. The summed E-state index contributed by atoms with van der Waals surface area (Å²) in [6.07, 6.45) is 0. The van der Waals surface area contributed by atoms with Gasteiger partial charge in [0.1, 0.15) is 18.1 Å². The lowest BCUT2D eigenvalue weighted by Gasteiger charge is -2.25.